The van der Waals surface area contributed by atoms with Gasteiger partial charge in [0, 0.05) is 12.8 Å². The summed E-state index contributed by atoms with van der Waals surface area (Å²) in [5.74, 6) is 0. The van der Waals surface area contributed by atoms with Crippen LogP contribution in [0.5, 0.6) is 0 Å². The smallest absolute Gasteiger partial charge is 0.273 e. The molecule has 0 fully saturated rings. The number of anilines is 1. The third kappa shape index (κ3) is 3.33. The van der Waals surface area contributed by atoms with Crippen molar-refractivity contribution in [1.82, 2.24) is 0 Å². The van der Waals surface area contributed by atoms with Crippen molar-refractivity contribution in [1.29, 1.82) is 0 Å². The molecule has 1 radical (unpaired) electrons. The Morgan fingerprint density at radius 2 is 2.21 bits per heavy atom. The molecule has 0 aliphatic carbocycles. The van der Waals surface area contributed by atoms with Gasteiger partial charge < -0.3 is 0 Å². The first-order valence-corrected chi connectivity index (χ1v) is 7.68. The van der Waals surface area contributed by atoms with Crippen LogP contribution in [0.2, 0.25) is 0 Å². The lowest BCUT2D eigenvalue weighted by Crippen LogP contribution is -2.24. The highest BCUT2D eigenvalue weighted by Gasteiger charge is 2.22. The molecule has 103 valence electrons. The van der Waals surface area contributed by atoms with Crippen LogP contribution in [0.1, 0.15) is 18.4 Å². The number of hydrazone groups is 1. The van der Waals surface area contributed by atoms with Crippen molar-refractivity contribution in [3.8, 4) is 0 Å². The lowest BCUT2D eigenvalue weighted by molar-refractivity contribution is 0.475. The average molecular weight is 281 g/mol. The monoisotopic (exact) mass is 281 g/mol. The first kappa shape index (κ1) is 14.0. The van der Waals surface area contributed by atoms with Gasteiger partial charge in [-0.15, -0.1) is 0 Å². The van der Waals surface area contributed by atoms with Gasteiger partial charge in [0.05, 0.1) is 5.69 Å². The van der Waals surface area contributed by atoms with Crippen LogP contribution < -0.4 is 5.01 Å². The molecule has 1 aromatic carbocycles. The zero-order valence-corrected chi connectivity index (χ0v) is 11.4. The summed E-state index contributed by atoms with van der Waals surface area (Å²) in [6.07, 6.45) is 2.87. The fourth-order valence-corrected chi connectivity index (χ4v) is 2.77. The van der Waals surface area contributed by atoms with Crippen LogP contribution >= 0.6 is 0 Å². The fourth-order valence-electron chi connectivity index (χ4n) is 2.10. The summed E-state index contributed by atoms with van der Waals surface area (Å²) < 4.78 is 31.5. The number of fused-ring (bicyclic) bond motifs is 1. The van der Waals surface area contributed by atoms with Crippen LogP contribution in [0, 0.1) is 6.92 Å². The molecule has 1 unspecified atom stereocenters. The van der Waals surface area contributed by atoms with Gasteiger partial charge in [-0.1, -0.05) is 31.5 Å². The van der Waals surface area contributed by atoms with Crippen molar-refractivity contribution >= 4 is 22.0 Å². The minimum Gasteiger partial charge on any atom is -0.285 e. The minimum absolute atomic E-state index is 0.262. The highest BCUT2D eigenvalue weighted by atomic mass is 32.2. The summed E-state index contributed by atoms with van der Waals surface area (Å²) in [5, 5.41) is 4.96. The summed E-state index contributed by atoms with van der Waals surface area (Å²) >= 11 is 0. The van der Waals surface area contributed by atoms with Gasteiger partial charge >= 0.3 is 0 Å². The molecule has 1 heterocycles. The summed E-state index contributed by atoms with van der Waals surface area (Å²) in [6, 6.07) is 7.86. The maximum absolute atomic E-state index is 11.2. The topological polar surface area (TPSA) is 70.0 Å². The van der Waals surface area contributed by atoms with E-state index in [0.717, 1.165) is 18.7 Å². The molecule has 1 aromatic rings. The Labute approximate surface area is 113 Å². The largest absolute Gasteiger partial charge is 0.285 e. The van der Waals surface area contributed by atoms with Gasteiger partial charge in [0.1, 0.15) is 5.25 Å². The Hall–Kier alpha value is -1.40. The van der Waals surface area contributed by atoms with E-state index in [-0.39, 0.29) is 6.42 Å². The molecule has 2 rings (SSSR count). The molecule has 0 aromatic heterocycles. The Morgan fingerprint density at radius 1 is 1.47 bits per heavy atom. The molecule has 1 aliphatic heterocycles. The summed E-state index contributed by atoms with van der Waals surface area (Å²) in [6.45, 7) is 4.32. The first-order chi connectivity index (χ1) is 9.02. The van der Waals surface area contributed by atoms with E-state index in [9.17, 15) is 8.42 Å². The number of para-hydroxylation sites is 1. The van der Waals surface area contributed by atoms with Gasteiger partial charge in [0.2, 0.25) is 0 Å². The highest BCUT2D eigenvalue weighted by Crippen LogP contribution is 2.27. The van der Waals surface area contributed by atoms with Gasteiger partial charge in [-0.3, -0.25) is 9.56 Å². The van der Waals surface area contributed by atoms with Crippen LogP contribution in [0.3, 0.4) is 0 Å². The molecular weight excluding hydrogens is 264 g/mol. The van der Waals surface area contributed by atoms with E-state index < -0.39 is 15.4 Å². The van der Waals surface area contributed by atoms with E-state index in [1.54, 1.807) is 5.01 Å². The zero-order chi connectivity index (χ0) is 13.9. The van der Waals surface area contributed by atoms with E-state index in [2.05, 4.69) is 12.0 Å². The van der Waals surface area contributed by atoms with E-state index >= 15 is 0 Å². The van der Waals surface area contributed by atoms with E-state index in [4.69, 9.17) is 4.55 Å². The number of nitrogens with zero attached hydrogens (tertiary/aromatic N) is 2. The SMILES string of the molecule is [CH2]CCC(C=NN1CCc2ccccc21)S(=O)(=O)O. The lowest BCUT2D eigenvalue weighted by atomic mass is 10.2. The molecule has 5 nitrogen and oxygen atoms in total. The van der Waals surface area contributed by atoms with Crippen molar-refractivity contribution in [2.45, 2.75) is 24.5 Å². The summed E-state index contributed by atoms with van der Waals surface area (Å²) in [4.78, 5) is 0. The highest BCUT2D eigenvalue weighted by molar-refractivity contribution is 7.87. The quantitative estimate of drug-likeness (QED) is 0.661. The van der Waals surface area contributed by atoms with Crippen molar-refractivity contribution in [3.05, 3.63) is 36.8 Å². The second-order valence-electron chi connectivity index (χ2n) is 4.46. The normalized spacial score (nSPS) is 16.8. The van der Waals surface area contributed by atoms with Gasteiger partial charge in [0.25, 0.3) is 10.1 Å². The van der Waals surface area contributed by atoms with Crippen molar-refractivity contribution in [2.24, 2.45) is 5.10 Å². The van der Waals surface area contributed by atoms with Gasteiger partial charge in [-0.25, -0.2) is 0 Å². The lowest BCUT2D eigenvalue weighted by Gasteiger charge is -2.14. The fraction of sp³-hybridized carbons (Fsp3) is 0.385. The van der Waals surface area contributed by atoms with Gasteiger partial charge in [0.15, 0.2) is 0 Å². The zero-order valence-electron chi connectivity index (χ0n) is 10.6. The third-order valence-electron chi connectivity index (χ3n) is 3.11. The molecule has 1 aliphatic rings. The van der Waals surface area contributed by atoms with Crippen LogP contribution in [0.15, 0.2) is 29.4 Å². The van der Waals surface area contributed by atoms with Crippen LogP contribution in [0.25, 0.3) is 0 Å². The molecule has 0 saturated carbocycles. The number of rotatable bonds is 5. The molecular formula is C13H17N2O3S. The molecule has 0 bridgehead atoms. The number of hydrogen-bond acceptors (Lipinski definition) is 4. The Balaban J connectivity index is 2.15. The molecule has 0 saturated heterocycles. The minimum atomic E-state index is -4.11. The van der Waals surface area contributed by atoms with Gasteiger partial charge in [-0.2, -0.15) is 13.5 Å². The number of hydrogen-bond donors (Lipinski definition) is 1. The van der Waals surface area contributed by atoms with Crippen LogP contribution in [0.4, 0.5) is 5.69 Å². The Morgan fingerprint density at radius 3 is 2.89 bits per heavy atom. The average Bonchev–Trinajstić information content (AvgIpc) is 2.76. The molecule has 1 atom stereocenters. The summed E-state index contributed by atoms with van der Waals surface area (Å²) in [7, 11) is -4.11. The molecule has 0 spiro atoms. The Kier molecular flexibility index (Phi) is 4.21. The van der Waals surface area contributed by atoms with Crippen molar-refractivity contribution in [2.75, 3.05) is 11.6 Å². The van der Waals surface area contributed by atoms with Crippen molar-refractivity contribution < 1.29 is 13.0 Å². The molecule has 6 heteroatoms. The second-order valence-corrected chi connectivity index (χ2v) is 6.10. The van der Waals surface area contributed by atoms with Crippen LogP contribution in [-0.4, -0.2) is 31.0 Å². The second kappa shape index (κ2) is 5.71. The van der Waals surface area contributed by atoms with Gasteiger partial charge in [-0.05, 0) is 24.5 Å². The molecule has 19 heavy (non-hydrogen) atoms. The van der Waals surface area contributed by atoms with Crippen LogP contribution in [-0.2, 0) is 16.5 Å². The third-order valence-corrected chi connectivity index (χ3v) is 4.23. The maximum Gasteiger partial charge on any atom is 0.273 e. The standard InChI is InChI=1S/C13H17N2O3S/c1-2-5-12(19(16,17)18)10-14-15-9-8-11-6-3-4-7-13(11)15/h3-4,6-7,10,12H,1-2,5,8-9H2,(H,16,17,18). The maximum atomic E-state index is 11.2. The Bertz CT molecular complexity index is 569. The predicted molar refractivity (Wildman–Crippen MR) is 75.9 cm³/mol. The predicted octanol–water partition coefficient (Wildman–Crippen LogP) is 1.91. The summed E-state index contributed by atoms with van der Waals surface area (Å²) in [5.41, 5.74) is 2.18. The van der Waals surface area contributed by atoms with E-state index in [1.165, 1.54) is 11.8 Å². The van der Waals surface area contributed by atoms with Crippen molar-refractivity contribution in [3.63, 3.8) is 0 Å². The van der Waals surface area contributed by atoms with E-state index in [1.807, 2.05) is 24.3 Å². The molecule has 1 N–H and O–H groups in total. The van der Waals surface area contributed by atoms with E-state index in [0.29, 0.717) is 6.42 Å². The molecule has 0 amide bonds. The first-order valence-electron chi connectivity index (χ1n) is 6.17. The number of benzene rings is 1.